The summed E-state index contributed by atoms with van der Waals surface area (Å²) in [6, 6.07) is 7.79. The normalized spacial score (nSPS) is 13.0. The zero-order valence-corrected chi connectivity index (χ0v) is 26.2. The summed E-state index contributed by atoms with van der Waals surface area (Å²) in [5.41, 5.74) is 1.36. The highest BCUT2D eigenvalue weighted by Gasteiger charge is 2.17. The molecular weight excluding hydrogens is 591 g/mol. The number of ether oxygens (including phenoxy) is 5. The molecule has 2 aromatic rings. The van der Waals surface area contributed by atoms with Gasteiger partial charge in [0.1, 0.15) is 11.5 Å². The van der Waals surface area contributed by atoms with Gasteiger partial charge in [0.25, 0.3) is 0 Å². The number of esters is 1. The first kappa shape index (κ1) is 35.1. The van der Waals surface area contributed by atoms with Gasteiger partial charge in [0.15, 0.2) is 27.9 Å². The lowest BCUT2D eigenvalue weighted by Crippen LogP contribution is -2.16. The third-order valence-corrected chi connectivity index (χ3v) is 8.33. The number of carbonyl (C=O) groups excluding carboxylic acids is 1. The van der Waals surface area contributed by atoms with E-state index in [4.69, 9.17) is 32.7 Å². The van der Waals surface area contributed by atoms with Crippen LogP contribution >= 0.6 is 7.60 Å². The molecule has 1 atom stereocenters. The monoisotopic (exact) mass is 630 g/mol. The van der Waals surface area contributed by atoms with Crippen LogP contribution < -0.4 is 18.9 Å². The highest BCUT2D eigenvalue weighted by molar-refractivity contribution is 7.93. The number of aliphatic hydroxyl groups excluding tert-OH is 1. The molecule has 1 unspecified atom stereocenters. The number of methoxy groups -OCH3 is 3. The van der Waals surface area contributed by atoms with E-state index in [2.05, 4.69) is 0 Å². The third kappa shape index (κ3) is 11.7. The molecule has 0 saturated carbocycles. The molecule has 0 bridgehead atoms. The maximum absolute atomic E-state index is 12.9. The van der Waals surface area contributed by atoms with Gasteiger partial charge in [-0.25, -0.2) is 13.2 Å². The van der Waals surface area contributed by atoms with Crippen molar-refractivity contribution in [1.29, 1.82) is 0 Å². The van der Waals surface area contributed by atoms with Gasteiger partial charge in [-0.15, -0.1) is 0 Å². The van der Waals surface area contributed by atoms with E-state index < -0.39 is 30.0 Å². The molecule has 0 aromatic heterocycles. The molecule has 0 heterocycles. The summed E-state index contributed by atoms with van der Waals surface area (Å²) in [5.74, 6) is 0.205. The molecule has 0 aliphatic rings. The number of unbranched alkanes of at least 4 members (excludes halogenated alkanes) is 1. The van der Waals surface area contributed by atoms with Crippen molar-refractivity contribution in [1.82, 2.24) is 0 Å². The first-order valence-electron chi connectivity index (χ1n) is 13.1. The molecule has 2 aromatic carbocycles. The smallest absolute Gasteiger partial charge is 0.344 e. The molecule has 0 fully saturated rings. The Balaban J connectivity index is 1.98. The van der Waals surface area contributed by atoms with Gasteiger partial charge in [-0.05, 0) is 61.2 Å². The Hall–Kier alpha value is -3.09. The molecule has 14 heteroatoms. The fraction of sp³-hybridized carbons (Fsp3) is 0.464. The number of rotatable bonds is 19. The lowest BCUT2D eigenvalue weighted by atomic mass is 10.1. The van der Waals surface area contributed by atoms with Gasteiger partial charge in [-0.2, -0.15) is 0 Å². The fourth-order valence-electron chi connectivity index (χ4n) is 3.70. The zero-order chi connectivity index (χ0) is 31.2. The van der Waals surface area contributed by atoms with Gasteiger partial charge in [-0.3, -0.25) is 4.57 Å². The second kappa shape index (κ2) is 17.1. The zero-order valence-electron chi connectivity index (χ0n) is 24.5. The summed E-state index contributed by atoms with van der Waals surface area (Å²) in [7, 11) is -2.53. The van der Waals surface area contributed by atoms with E-state index in [-0.39, 0.29) is 31.3 Å². The number of carbonyl (C=O) groups is 1. The van der Waals surface area contributed by atoms with Crippen LogP contribution in [0.25, 0.3) is 6.08 Å². The number of sulfone groups is 1. The minimum absolute atomic E-state index is 0.119. The van der Waals surface area contributed by atoms with E-state index >= 15 is 0 Å². The van der Waals surface area contributed by atoms with Crippen molar-refractivity contribution in [2.45, 2.75) is 32.1 Å². The van der Waals surface area contributed by atoms with Gasteiger partial charge < -0.3 is 37.8 Å². The average Bonchev–Trinajstić information content (AvgIpc) is 2.96. The van der Waals surface area contributed by atoms with Crippen molar-refractivity contribution in [3.8, 4) is 23.0 Å². The van der Waals surface area contributed by atoms with Gasteiger partial charge in [0.05, 0.1) is 59.1 Å². The molecule has 0 aliphatic heterocycles. The number of hydrogen-bond acceptors (Lipinski definition) is 12. The first-order chi connectivity index (χ1) is 20.0. The highest BCUT2D eigenvalue weighted by Crippen LogP contribution is 2.43. The highest BCUT2D eigenvalue weighted by atomic mass is 32.2. The summed E-state index contributed by atoms with van der Waals surface area (Å²) in [4.78, 5) is 12.1. The van der Waals surface area contributed by atoms with E-state index in [0.717, 1.165) is 5.41 Å². The van der Waals surface area contributed by atoms with E-state index in [1.54, 1.807) is 31.2 Å². The molecule has 0 amide bonds. The Bertz CT molecular complexity index is 1330. The van der Waals surface area contributed by atoms with Crippen LogP contribution in [0.3, 0.4) is 0 Å². The largest absolute Gasteiger partial charge is 0.496 e. The maximum Gasteiger partial charge on any atom is 0.344 e. The van der Waals surface area contributed by atoms with Gasteiger partial charge >= 0.3 is 13.6 Å². The summed E-state index contributed by atoms with van der Waals surface area (Å²) < 4.78 is 74.6. The van der Waals surface area contributed by atoms with Crippen molar-refractivity contribution in [3.05, 3.63) is 52.4 Å². The Morgan fingerprint density at radius 1 is 0.905 bits per heavy atom. The van der Waals surface area contributed by atoms with E-state index in [9.17, 15) is 22.9 Å². The van der Waals surface area contributed by atoms with Gasteiger partial charge in [0.2, 0.25) is 0 Å². The van der Waals surface area contributed by atoms with Crippen LogP contribution in [0.4, 0.5) is 0 Å². The van der Waals surface area contributed by atoms with Gasteiger partial charge in [-0.1, -0.05) is 6.07 Å². The van der Waals surface area contributed by atoms with Crippen LogP contribution in [0.1, 0.15) is 36.5 Å². The van der Waals surface area contributed by atoms with Crippen LogP contribution in [0.15, 0.2) is 35.7 Å². The van der Waals surface area contributed by atoms with Crippen LogP contribution in [0.2, 0.25) is 0 Å². The Morgan fingerprint density at radius 2 is 1.52 bits per heavy atom. The maximum atomic E-state index is 12.9. The molecule has 2 rings (SSSR count). The molecule has 0 saturated heterocycles. The fourth-order valence-corrected chi connectivity index (χ4v) is 5.78. The second-order valence-electron chi connectivity index (χ2n) is 8.91. The van der Waals surface area contributed by atoms with Crippen molar-refractivity contribution in [3.63, 3.8) is 0 Å². The summed E-state index contributed by atoms with van der Waals surface area (Å²) >= 11 is 0. The van der Waals surface area contributed by atoms with Crippen molar-refractivity contribution < 1.29 is 55.6 Å². The average molecular weight is 631 g/mol. The van der Waals surface area contributed by atoms with Crippen LogP contribution in [-0.2, 0) is 45.3 Å². The summed E-state index contributed by atoms with van der Waals surface area (Å²) in [6.07, 6.45) is 2.38. The molecule has 0 radical (unpaired) electrons. The summed E-state index contributed by atoms with van der Waals surface area (Å²) in [5, 5.41) is 10.5. The predicted octanol–water partition coefficient (Wildman–Crippen LogP) is 4.37. The Morgan fingerprint density at radius 3 is 2.12 bits per heavy atom. The molecule has 42 heavy (non-hydrogen) atoms. The lowest BCUT2D eigenvalue weighted by molar-refractivity contribution is -0.146. The topological polar surface area (TPSA) is 153 Å². The standard InChI is InChI=1S/C28H39O12PS/c1-6-39-41(5,31)40-13-8-7-12-37-28(30)19-38-27-15-21(9-10-24(27)34-2)20-42(32,33)14-11-23-25(35-3)16-22(18-29)17-26(23)36-4/h9-11,14-17,29H,6-8,12-13,18-20H2,1-5H3/b14-11+. The minimum atomic E-state index is -3.76. The predicted molar refractivity (Wildman–Crippen MR) is 157 cm³/mol. The molecule has 1 N–H and O–H groups in total. The molecule has 12 nitrogen and oxygen atoms in total. The molecular formula is C28H39O12PS. The van der Waals surface area contributed by atoms with E-state index in [1.165, 1.54) is 40.1 Å². The Labute approximate surface area is 246 Å². The van der Waals surface area contributed by atoms with Crippen LogP contribution in [-0.4, -0.2) is 73.9 Å². The SMILES string of the molecule is CCOP(C)(=O)OCCCCOC(=O)COc1cc(CS(=O)(=O)/C=C/c2c(OC)cc(CO)cc2OC)ccc1OC. The van der Waals surface area contributed by atoms with Crippen molar-refractivity contribution in [2.75, 3.05) is 54.4 Å². The van der Waals surface area contributed by atoms with Crippen LogP contribution in [0, 0.1) is 0 Å². The van der Waals surface area contributed by atoms with E-state index in [1.807, 2.05) is 0 Å². The number of benzene rings is 2. The van der Waals surface area contributed by atoms with Crippen molar-refractivity contribution in [2.24, 2.45) is 0 Å². The first-order valence-corrected chi connectivity index (χ1v) is 16.8. The quantitative estimate of drug-likeness (QED) is 0.133. The van der Waals surface area contributed by atoms with Gasteiger partial charge in [0, 0.05) is 12.1 Å². The Kier molecular flexibility index (Phi) is 14.3. The second-order valence-corrected chi connectivity index (χ2v) is 12.9. The molecule has 0 spiro atoms. The summed E-state index contributed by atoms with van der Waals surface area (Å²) in [6.45, 7) is 3.10. The lowest BCUT2D eigenvalue weighted by Gasteiger charge is -2.13. The minimum Gasteiger partial charge on any atom is -0.496 e. The number of aliphatic hydroxyl groups is 1. The van der Waals surface area contributed by atoms with Crippen LogP contribution in [0.5, 0.6) is 23.0 Å². The van der Waals surface area contributed by atoms with Crippen molar-refractivity contribution >= 4 is 29.5 Å². The molecule has 234 valence electrons. The van der Waals surface area contributed by atoms with E-state index in [0.29, 0.717) is 53.4 Å². The third-order valence-electron chi connectivity index (χ3n) is 5.66. The molecule has 0 aliphatic carbocycles. The number of hydrogen-bond donors (Lipinski definition) is 1.